The number of nitrogens with zero attached hydrogens (tertiary/aromatic N) is 3. The summed E-state index contributed by atoms with van der Waals surface area (Å²) in [6.45, 7) is 1.89. The van der Waals surface area contributed by atoms with Crippen molar-refractivity contribution in [1.29, 1.82) is 0 Å². The molecule has 1 aliphatic rings. The average Bonchev–Trinajstić information content (AvgIpc) is 3.25. The van der Waals surface area contributed by atoms with Crippen molar-refractivity contribution in [3.63, 3.8) is 0 Å². The third-order valence-electron chi connectivity index (χ3n) is 4.38. The summed E-state index contributed by atoms with van der Waals surface area (Å²) >= 11 is 0. The lowest BCUT2D eigenvalue weighted by Gasteiger charge is -2.29. The summed E-state index contributed by atoms with van der Waals surface area (Å²) < 4.78 is 10.1. The Morgan fingerprint density at radius 1 is 1.42 bits per heavy atom. The molecule has 1 atom stereocenters. The van der Waals surface area contributed by atoms with Crippen molar-refractivity contribution in [1.82, 2.24) is 10.1 Å². The summed E-state index contributed by atoms with van der Waals surface area (Å²) in [4.78, 5) is 16.8. The molecule has 1 aliphatic heterocycles. The Labute approximate surface area is 142 Å². The Hall–Kier alpha value is -2.34. The van der Waals surface area contributed by atoms with E-state index in [1.165, 1.54) is 0 Å². The second kappa shape index (κ2) is 7.49. The van der Waals surface area contributed by atoms with Crippen LogP contribution >= 0.6 is 0 Å². The minimum absolute atomic E-state index is 0.0648. The molecule has 0 radical (unpaired) electrons. The first kappa shape index (κ1) is 16.5. The third-order valence-corrected chi connectivity index (χ3v) is 4.38. The second-order valence-corrected chi connectivity index (χ2v) is 6.12. The molecule has 0 saturated carbocycles. The molecular formula is C18H23N3O3. The van der Waals surface area contributed by atoms with Gasteiger partial charge in [-0.25, -0.2) is 0 Å². The number of hydrogen-bond donors (Lipinski definition) is 0. The number of para-hydroxylation sites is 1. The predicted octanol–water partition coefficient (Wildman–Crippen LogP) is 2.56. The van der Waals surface area contributed by atoms with Gasteiger partial charge in [0.15, 0.2) is 11.5 Å². The number of ether oxygens (including phenoxy) is 1. The van der Waals surface area contributed by atoms with Crippen molar-refractivity contribution in [3.05, 3.63) is 47.9 Å². The number of likely N-dealkylation sites (tertiary alicyclic amines) is 1. The maximum absolute atomic E-state index is 12.7. The minimum Gasteiger partial charge on any atom is -0.377 e. The fourth-order valence-corrected chi connectivity index (χ4v) is 3.17. The molecule has 0 N–H and O–H groups in total. The largest absolute Gasteiger partial charge is 0.377 e. The lowest BCUT2D eigenvalue weighted by Crippen LogP contribution is -2.42. The molecule has 1 unspecified atom stereocenters. The molecule has 0 spiro atoms. The Kier molecular flexibility index (Phi) is 5.15. The molecule has 1 aromatic carbocycles. The van der Waals surface area contributed by atoms with Crippen LogP contribution in [0.2, 0.25) is 0 Å². The van der Waals surface area contributed by atoms with Crippen LogP contribution in [0.1, 0.15) is 29.1 Å². The molecule has 1 fully saturated rings. The summed E-state index contributed by atoms with van der Waals surface area (Å²) in [6, 6.07) is 12.1. The summed E-state index contributed by atoms with van der Waals surface area (Å²) in [5.41, 5.74) is 1.51. The van der Waals surface area contributed by atoms with Crippen molar-refractivity contribution in [2.24, 2.45) is 0 Å². The predicted molar refractivity (Wildman–Crippen MR) is 91.0 cm³/mol. The van der Waals surface area contributed by atoms with E-state index in [1.54, 1.807) is 13.2 Å². The van der Waals surface area contributed by atoms with E-state index in [1.807, 2.05) is 23.1 Å². The number of amides is 1. The van der Waals surface area contributed by atoms with Crippen molar-refractivity contribution in [2.75, 3.05) is 32.1 Å². The molecule has 2 heterocycles. The summed E-state index contributed by atoms with van der Waals surface area (Å²) in [5, 5.41) is 3.89. The number of hydrogen-bond acceptors (Lipinski definition) is 5. The number of likely N-dealkylation sites (N-methyl/N-ethyl adjacent to an activating group) is 1. The van der Waals surface area contributed by atoms with Gasteiger partial charge in [0.1, 0.15) is 6.61 Å². The zero-order valence-corrected chi connectivity index (χ0v) is 14.1. The highest BCUT2D eigenvalue weighted by Gasteiger charge is 2.31. The van der Waals surface area contributed by atoms with Gasteiger partial charge < -0.3 is 19.1 Å². The van der Waals surface area contributed by atoms with E-state index in [0.717, 1.165) is 31.6 Å². The lowest BCUT2D eigenvalue weighted by molar-refractivity contribution is 0.0729. The second-order valence-electron chi connectivity index (χ2n) is 6.12. The first-order valence-electron chi connectivity index (χ1n) is 8.20. The first-order chi connectivity index (χ1) is 11.7. The van der Waals surface area contributed by atoms with Gasteiger partial charge in [-0.2, -0.15) is 0 Å². The summed E-state index contributed by atoms with van der Waals surface area (Å²) in [6.07, 6.45) is 2.02. The van der Waals surface area contributed by atoms with Gasteiger partial charge in [-0.15, -0.1) is 0 Å². The highest BCUT2D eigenvalue weighted by atomic mass is 16.5. The fraction of sp³-hybridized carbons (Fsp3) is 0.444. The number of carbonyl (C=O) groups is 1. The van der Waals surface area contributed by atoms with Gasteiger partial charge in [0, 0.05) is 45.0 Å². The highest BCUT2D eigenvalue weighted by molar-refractivity contribution is 5.92. The average molecular weight is 329 g/mol. The molecular weight excluding hydrogens is 306 g/mol. The van der Waals surface area contributed by atoms with Gasteiger partial charge in [-0.05, 0) is 25.0 Å². The summed E-state index contributed by atoms with van der Waals surface area (Å²) in [7, 11) is 3.64. The van der Waals surface area contributed by atoms with E-state index in [-0.39, 0.29) is 11.9 Å². The Bertz CT molecular complexity index is 671. The number of aromatic nitrogens is 1. The Balaban J connectivity index is 1.67. The van der Waals surface area contributed by atoms with Gasteiger partial charge in [-0.3, -0.25) is 4.79 Å². The van der Waals surface area contributed by atoms with Crippen molar-refractivity contribution >= 4 is 11.6 Å². The van der Waals surface area contributed by atoms with Crippen LogP contribution in [0.3, 0.4) is 0 Å². The van der Waals surface area contributed by atoms with Crippen LogP contribution in [0.25, 0.3) is 0 Å². The first-order valence-corrected chi connectivity index (χ1v) is 8.20. The van der Waals surface area contributed by atoms with Crippen LogP contribution in [-0.4, -0.2) is 49.3 Å². The Morgan fingerprint density at radius 3 is 2.96 bits per heavy atom. The van der Waals surface area contributed by atoms with E-state index in [9.17, 15) is 4.79 Å². The van der Waals surface area contributed by atoms with E-state index in [0.29, 0.717) is 18.1 Å². The topological polar surface area (TPSA) is 58.8 Å². The van der Waals surface area contributed by atoms with Gasteiger partial charge in [-0.1, -0.05) is 23.4 Å². The van der Waals surface area contributed by atoms with Crippen LogP contribution < -0.4 is 4.90 Å². The molecule has 24 heavy (non-hydrogen) atoms. The van der Waals surface area contributed by atoms with Gasteiger partial charge >= 0.3 is 0 Å². The van der Waals surface area contributed by atoms with Crippen LogP contribution in [0.4, 0.5) is 5.69 Å². The normalized spacial score (nSPS) is 17.2. The number of rotatable bonds is 6. The molecule has 0 aliphatic carbocycles. The fourth-order valence-electron chi connectivity index (χ4n) is 3.17. The van der Waals surface area contributed by atoms with Crippen molar-refractivity contribution in [2.45, 2.75) is 25.5 Å². The zero-order chi connectivity index (χ0) is 16.9. The van der Waals surface area contributed by atoms with Crippen LogP contribution in [0.15, 0.2) is 40.9 Å². The monoisotopic (exact) mass is 329 g/mol. The van der Waals surface area contributed by atoms with Crippen LogP contribution in [0, 0.1) is 0 Å². The van der Waals surface area contributed by atoms with Gasteiger partial charge in [0.2, 0.25) is 0 Å². The number of methoxy groups -OCH3 is 1. The zero-order valence-electron chi connectivity index (χ0n) is 14.1. The number of anilines is 1. The Morgan fingerprint density at radius 2 is 2.21 bits per heavy atom. The summed E-state index contributed by atoms with van der Waals surface area (Å²) in [5.74, 6) is 0.503. The molecule has 2 aromatic rings. The van der Waals surface area contributed by atoms with Crippen molar-refractivity contribution in [3.8, 4) is 0 Å². The maximum Gasteiger partial charge on any atom is 0.276 e. The molecule has 6 heteroatoms. The van der Waals surface area contributed by atoms with E-state index in [4.69, 9.17) is 9.26 Å². The SMILES string of the molecule is COCc1cc(C(=O)N2CCCC2CN(C)c2ccccc2)no1. The highest BCUT2D eigenvalue weighted by Crippen LogP contribution is 2.23. The number of benzene rings is 1. The van der Waals surface area contributed by atoms with E-state index >= 15 is 0 Å². The lowest BCUT2D eigenvalue weighted by atomic mass is 10.2. The third kappa shape index (κ3) is 3.59. The van der Waals surface area contributed by atoms with Gasteiger partial charge in [0.25, 0.3) is 5.91 Å². The van der Waals surface area contributed by atoms with Crippen LogP contribution in [0.5, 0.6) is 0 Å². The molecule has 1 aromatic heterocycles. The molecule has 1 saturated heterocycles. The molecule has 1 amide bonds. The van der Waals surface area contributed by atoms with Crippen LogP contribution in [-0.2, 0) is 11.3 Å². The maximum atomic E-state index is 12.7. The van der Waals surface area contributed by atoms with Crippen molar-refractivity contribution < 1.29 is 14.1 Å². The standard InChI is InChI=1S/C18H23N3O3/c1-20(14-7-4-3-5-8-14)12-15-9-6-10-21(15)18(22)17-11-16(13-23-2)24-19-17/h3-5,7-8,11,15H,6,9-10,12-13H2,1-2H3. The molecule has 0 bridgehead atoms. The quantitative estimate of drug-likeness (QED) is 0.815. The smallest absolute Gasteiger partial charge is 0.276 e. The van der Waals surface area contributed by atoms with E-state index < -0.39 is 0 Å². The van der Waals surface area contributed by atoms with Gasteiger partial charge in [0.05, 0.1) is 0 Å². The number of carbonyl (C=O) groups excluding carboxylic acids is 1. The van der Waals surface area contributed by atoms with E-state index in [2.05, 4.69) is 29.2 Å². The molecule has 128 valence electrons. The molecule has 3 rings (SSSR count). The minimum atomic E-state index is -0.0648. The molecule has 6 nitrogen and oxygen atoms in total.